The van der Waals surface area contributed by atoms with Crippen LogP contribution < -0.4 is 23.7 Å². The number of carbonyl (C=O) groups excluding carboxylic acids is 2. The molecule has 0 spiro atoms. The van der Waals surface area contributed by atoms with Crippen molar-refractivity contribution in [3.8, 4) is 39.9 Å². The van der Waals surface area contributed by atoms with Crippen molar-refractivity contribution in [2.24, 2.45) is 0 Å². The Labute approximate surface area is 270 Å². The van der Waals surface area contributed by atoms with Gasteiger partial charge in [-0.15, -0.1) is 0 Å². The van der Waals surface area contributed by atoms with E-state index in [2.05, 4.69) is 37.8 Å². The monoisotopic (exact) mass is 624 g/mol. The maximum absolute atomic E-state index is 12.9. The third-order valence-corrected chi connectivity index (χ3v) is 7.13. The number of hydrogen-bond donors (Lipinski definition) is 0. The summed E-state index contributed by atoms with van der Waals surface area (Å²) in [5.41, 5.74) is 2.68. The first-order valence-corrected chi connectivity index (χ1v) is 15.1. The van der Waals surface area contributed by atoms with Crippen LogP contribution in [0.4, 0.5) is 0 Å². The van der Waals surface area contributed by atoms with Crippen LogP contribution in [-0.4, -0.2) is 45.0 Å². The Morgan fingerprint density at radius 3 is 2.07 bits per heavy atom. The molecule has 240 valence electrons. The van der Waals surface area contributed by atoms with Crippen molar-refractivity contribution >= 4 is 17.5 Å². The molecule has 4 rings (SSSR count). The molecular formula is C38H40O8. The summed E-state index contributed by atoms with van der Waals surface area (Å²) < 4.78 is 33.6. The van der Waals surface area contributed by atoms with E-state index in [1.165, 1.54) is 18.7 Å². The largest absolute Gasteiger partial charge is 0.493 e. The molecule has 0 unspecified atom stereocenters. The van der Waals surface area contributed by atoms with Crippen LogP contribution in [0, 0.1) is 0 Å². The third kappa shape index (κ3) is 8.69. The first-order chi connectivity index (χ1) is 22.1. The predicted octanol–water partition coefficient (Wildman–Crippen LogP) is 7.72. The van der Waals surface area contributed by atoms with Gasteiger partial charge in [-0.05, 0) is 78.9 Å². The van der Waals surface area contributed by atoms with Gasteiger partial charge in [0.05, 0.1) is 19.8 Å². The Balaban J connectivity index is 1.31. The van der Waals surface area contributed by atoms with Crippen molar-refractivity contribution < 1.29 is 38.0 Å². The summed E-state index contributed by atoms with van der Waals surface area (Å²) in [5, 5.41) is 0. The topological polar surface area (TPSA) is 89.5 Å². The molecule has 0 aliphatic rings. The van der Waals surface area contributed by atoms with Crippen molar-refractivity contribution in [2.45, 2.75) is 39.2 Å². The Morgan fingerprint density at radius 1 is 0.739 bits per heavy atom. The second-order valence-corrected chi connectivity index (χ2v) is 11.0. The lowest BCUT2D eigenvalue weighted by Crippen LogP contribution is -2.41. The number of ether oxygens (including phenoxy) is 6. The summed E-state index contributed by atoms with van der Waals surface area (Å²) in [4.78, 5) is 25.7. The highest BCUT2D eigenvalue weighted by Gasteiger charge is 2.33. The molecule has 0 aliphatic carbocycles. The molecule has 0 aliphatic heterocycles. The molecule has 4 aromatic carbocycles. The van der Waals surface area contributed by atoms with Crippen molar-refractivity contribution in [3.63, 3.8) is 0 Å². The van der Waals surface area contributed by atoms with E-state index in [1.807, 2.05) is 36.4 Å². The molecule has 0 saturated heterocycles. The number of esters is 2. The Bertz CT molecular complexity index is 1640. The van der Waals surface area contributed by atoms with Gasteiger partial charge in [0.15, 0.2) is 23.0 Å². The second kappa shape index (κ2) is 15.7. The Morgan fingerprint density at radius 2 is 1.39 bits per heavy atom. The quantitative estimate of drug-likeness (QED) is 0.0575. The van der Waals surface area contributed by atoms with Gasteiger partial charge in [-0.1, -0.05) is 74.5 Å². The van der Waals surface area contributed by atoms with E-state index in [4.69, 9.17) is 28.4 Å². The van der Waals surface area contributed by atoms with Crippen LogP contribution in [-0.2, 0) is 20.7 Å². The van der Waals surface area contributed by atoms with E-state index in [0.717, 1.165) is 24.0 Å². The average molecular weight is 625 g/mol. The van der Waals surface area contributed by atoms with Gasteiger partial charge in [-0.25, -0.2) is 9.59 Å². The number of methoxy groups -OCH3 is 2. The average Bonchev–Trinajstić information content (AvgIpc) is 3.07. The van der Waals surface area contributed by atoms with E-state index < -0.39 is 17.5 Å². The Hall–Kier alpha value is -5.24. The van der Waals surface area contributed by atoms with Gasteiger partial charge in [0.2, 0.25) is 5.60 Å². The molecule has 8 nitrogen and oxygen atoms in total. The Kier molecular flexibility index (Phi) is 11.5. The van der Waals surface area contributed by atoms with Crippen LogP contribution in [0.2, 0.25) is 0 Å². The minimum atomic E-state index is -1.27. The van der Waals surface area contributed by atoms with Gasteiger partial charge in [0.1, 0.15) is 19.0 Å². The van der Waals surface area contributed by atoms with Gasteiger partial charge in [-0.2, -0.15) is 0 Å². The van der Waals surface area contributed by atoms with E-state index in [0.29, 0.717) is 22.8 Å². The number of benzene rings is 4. The lowest BCUT2D eigenvalue weighted by molar-refractivity contribution is -0.149. The fourth-order valence-electron chi connectivity index (χ4n) is 4.60. The van der Waals surface area contributed by atoms with Crippen LogP contribution in [0.1, 0.15) is 38.3 Å². The number of rotatable bonds is 15. The molecule has 0 fully saturated rings. The van der Waals surface area contributed by atoms with Crippen LogP contribution >= 0.6 is 0 Å². The molecular weight excluding hydrogens is 584 g/mol. The normalized spacial score (nSPS) is 10.9. The summed E-state index contributed by atoms with van der Waals surface area (Å²) in [6, 6.07) is 27.9. The molecule has 0 radical (unpaired) electrons. The highest BCUT2D eigenvalue weighted by Crippen LogP contribution is 2.34. The fourth-order valence-corrected chi connectivity index (χ4v) is 4.60. The number of carbonyl (C=O) groups is 2. The summed E-state index contributed by atoms with van der Waals surface area (Å²) in [7, 11) is 3.02. The first-order valence-electron chi connectivity index (χ1n) is 15.1. The molecule has 0 N–H and O–H groups in total. The van der Waals surface area contributed by atoms with Gasteiger partial charge in [0.25, 0.3) is 0 Å². The van der Waals surface area contributed by atoms with Gasteiger partial charge < -0.3 is 28.4 Å². The lowest BCUT2D eigenvalue weighted by Gasteiger charge is -2.24. The molecule has 0 amide bonds. The molecule has 0 bridgehead atoms. The molecule has 0 saturated carbocycles. The first kappa shape index (κ1) is 33.6. The summed E-state index contributed by atoms with van der Waals surface area (Å²) in [6.45, 7) is 9.37. The zero-order valence-corrected chi connectivity index (χ0v) is 27.0. The molecule has 0 atom stereocenters. The van der Waals surface area contributed by atoms with Gasteiger partial charge in [-0.3, -0.25) is 0 Å². The van der Waals surface area contributed by atoms with Gasteiger partial charge in [0, 0.05) is 0 Å². The standard InChI is InChI=1S/C38H40O8/c1-7-11-27-14-16-28(17-15-27)30-19-20-32(34(25-30)41-5)43-22-23-44-36(39)26(2)29-18-21-33(35(24-29)42-6)45-37(40)38(3,4)46-31-12-9-8-10-13-31/h8-10,12-21,24-25H,2,7,11,22-23H2,1,3-6H3. The van der Waals surface area contributed by atoms with E-state index in [-0.39, 0.29) is 30.3 Å². The van der Waals surface area contributed by atoms with Crippen LogP contribution in [0.25, 0.3) is 16.7 Å². The summed E-state index contributed by atoms with van der Waals surface area (Å²) in [5.74, 6) is 0.822. The van der Waals surface area contributed by atoms with Crippen molar-refractivity contribution in [2.75, 3.05) is 27.4 Å². The minimum absolute atomic E-state index is 0.00895. The van der Waals surface area contributed by atoms with Crippen LogP contribution in [0.3, 0.4) is 0 Å². The van der Waals surface area contributed by atoms with Crippen molar-refractivity contribution in [1.82, 2.24) is 0 Å². The molecule has 0 aromatic heterocycles. The smallest absolute Gasteiger partial charge is 0.355 e. The minimum Gasteiger partial charge on any atom is -0.493 e. The molecule has 0 heterocycles. The maximum atomic E-state index is 12.9. The zero-order valence-electron chi connectivity index (χ0n) is 27.0. The van der Waals surface area contributed by atoms with Crippen LogP contribution in [0.5, 0.6) is 28.7 Å². The van der Waals surface area contributed by atoms with Crippen molar-refractivity contribution in [3.05, 3.63) is 109 Å². The number of para-hydroxylation sites is 1. The fraction of sp³-hybridized carbons (Fsp3) is 0.263. The predicted molar refractivity (Wildman–Crippen MR) is 178 cm³/mol. The number of hydrogen-bond acceptors (Lipinski definition) is 8. The zero-order chi connectivity index (χ0) is 33.1. The van der Waals surface area contributed by atoms with Crippen molar-refractivity contribution in [1.29, 1.82) is 0 Å². The maximum Gasteiger partial charge on any atom is 0.355 e. The van der Waals surface area contributed by atoms with E-state index >= 15 is 0 Å². The van der Waals surface area contributed by atoms with E-state index in [9.17, 15) is 9.59 Å². The highest BCUT2D eigenvalue weighted by molar-refractivity contribution is 6.15. The molecule has 4 aromatic rings. The lowest BCUT2D eigenvalue weighted by atomic mass is 10.0. The molecule has 8 heteroatoms. The van der Waals surface area contributed by atoms with Crippen LogP contribution in [0.15, 0.2) is 97.6 Å². The van der Waals surface area contributed by atoms with E-state index in [1.54, 1.807) is 45.2 Å². The third-order valence-electron chi connectivity index (χ3n) is 7.13. The highest BCUT2D eigenvalue weighted by atomic mass is 16.6. The second-order valence-electron chi connectivity index (χ2n) is 11.0. The summed E-state index contributed by atoms with van der Waals surface area (Å²) in [6.07, 6.45) is 2.16. The molecule has 46 heavy (non-hydrogen) atoms. The number of aryl methyl sites for hydroxylation is 1. The SMILES string of the molecule is C=C(C(=O)OCCOc1ccc(-c2ccc(CCC)cc2)cc1OC)c1ccc(OC(=O)C(C)(C)Oc2ccccc2)c(OC)c1. The van der Waals surface area contributed by atoms with Gasteiger partial charge >= 0.3 is 11.9 Å². The summed E-state index contributed by atoms with van der Waals surface area (Å²) >= 11 is 0.